The highest BCUT2D eigenvalue weighted by Gasteiger charge is 2.33. The molecule has 0 amide bonds. The minimum atomic E-state index is -4.69. The Balaban J connectivity index is 1.63. The molecule has 0 spiro atoms. The van der Waals surface area contributed by atoms with Gasteiger partial charge in [-0.3, -0.25) is 15.5 Å². The lowest BCUT2D eigenvalue weighted by atomic mass is 10.1. The number of hydrogen-bond donors (Lipinski definition) is 1. The molecule has 0 aliphatic carbocycles. The molecular weight excluding hydrogens is 492 g/mol. The van der Waals surface area contributed by atoms with Gasteiger partial charge < -0.3 is 4.57 Å². The van der Waals surface area contributed by atoms with E-state index in [0.29, 0.717) is 28.2 Å². The molecule has 11 heteroatoms. The summed E-state index contributed by atoms with van der Waals surface area (Å²) >= 11 is 12.3. The minimum absolute atomic E-state index is 0.161. The number of para-hydroxylation sites is 1. The summed E-state index contributed by atoms with van der Waals surface area (Å²) in [5.74, 6) is 0. The topological polar surface area (TPSA) is 72.5 Å². The van der Waals surface area contributed by atoms with E-state index < -0.39 is 22.4 Å². The Morgan fingerprint density at radius 2 is 1.85 bits per heavy atom. The molecule has 4 rings (SSSR count). The predicted molar refractivity (Wildman–Crippen MR) is 127 cm³/mol. The number of nitrogens with one attached hydrogen (secondary N) is 1. The quantitative estimate of drug-likeness (QED) is 0.168. The van der Waals surface area contributed by atoms with Crippen LogP contribution in [0.15, 0.2) is 72.0 Å². The smallest absolute Gasteiger partial charge is 0.342 e. The van der Waals surface area contributed by atoms with Gasteiger partial charge in [0.2, 0.25) is 0 Å². The number of fused-ring (bicyclic) bond motifs is 1. The molecule has 6 nitrogen and oxygen atoms in total. The van der Waals surface area contributed by atoms with Crippen molar-refractivity contribution < 1.29 is 18.1 Å². The highest BCUT2D eigenvalue weighted by molar-refractivity contribution is 6.35. The Morgan fingerprint density at radius 1 is 1.09 bits per heavy atom. The second-order valence-electron chi connectivity index (χ2n) is 7.32. The van der Waals surface area contributed by atoms with Gasteiger partial charge in [-0.25, -0.2) is 0 Å². The van der Waals surface area contributed by atoms with Gasteiger partial charge in [0, 0.05) is 45.3 Å². The van der Waals surface area contributed by atoms with Crippen molar-refractivity contribution in [1.29, 1.82) is 0 Å². The van der Waals surface area contributed by atoms with Crippen molar-refractivity contribution in [2.24, 2.45) is 5.10 Å². The van der Waals surface area contributed by atoms with Crippen molar-refractivity contribution in [1.82, 2.24) is 4.57 Å². The Morgan fingerprint density at radius 3 is 2.56 bits per heavy atom. The maximum Gasteiger partial charge on any atom is 0.416 e. The van der Waals surface area contributed by atoms with E-state index in [4.69, 9.17) is 23.2 Å². The number of halogens is 5. The predicted octanol–water partition coefficient (Wildman–Crippen LogP) is 7.37. The zero-order valence-electron chi connectivity index (χ0n) is 17.2. The van der Waals surface area contributed by atoms with Crippen LogP contribution in [0.5, 0.6) is 0 Å². The fourth-order valence-corrected chi connectivity index (χ4v) is 3.94. The molecule has 3 aromatic carbocycles. The van der Waals surface area contributed by atoms with Crippen molar-refractivity contribution in [3.63, 3.8) is 0 Å². The molecule has 0 fully saturated rings. The van der Waals surface area contributed by atoms with Gasteiger partial charge in [0.25, 0.3) is 5.69 Å². The van der Waals surface area contributed by atoms with Gasteiger partial charge in [0.15, 0.2) is 0 Å². The SMILES string of the molecule is O=[N+]([O-])c1cc(C(F)(F)F)ccc1N/N=C\c1cn(Cc2ccc(Cl)cc2Cl)c2ccccc12. The molecule has 1 N–H and O–H groups in total. The summed E-state index contributed by atoms with van der Waals surface area (Å²) in [5.41, 5.74) is 2.92. The first-order valence-electron chi connectivity index (χ1n) is 9.80. The van der Waals surface area contributed by atoms with Crippen LogP contribution in [0.3, 0.4) is 0 Å². The normalized spacial score (nSPS) is 11.9. The van der Waals surface area contributed by atoms with E-state index in [1.165, 1.54) is 6.21 Å². The van der Waals surface area contributed by atoms with Crippen LogP contribution in [0.2, 0.25) is 10.0 Å². The van der Waals surface area contributed by atoms with E-state index in [9.17, 15) is 23.3 Å². The first-order valence-corrected chi connectivity index (χ1v) is 10.6. The molecule has 0 aliphatic heterocycles. The average Bonchev–Trinajstić information content (AvgIpc) is 3.12. The molecule has 0 atom stereocenters. The van der Waals surface area contributed by atoms with Crippen LogP contribution >= 0.6 is 23.2 Å². The van der Waals surface area contributed by atoms with Gasteiger partial charge in [-0.2, -0.15) is 18.3 Å². The van der Waals surface area contributed by atoms with Crippen LogP contribution in [-0.2, 0) is 12.7 Å². The van der Waals surface area contributed by atoms with Crippen molar-refractivity contribution in [2.75, 3.05) is 5.43 Å². The lowest BCUT2D eigenvalue weighted by Gasteiger charge is -2.08. The summed E-state index contributed by atoms with van der Waals surface area (Å²) in [5, 5.41) is 17.2. The molecule has 0 radical (unpaired) electrons. The number of nitro groups is 1. The third kappa shape index (κ3) is 5.00. The van der Waals surface area contributed by atoms with E-state index in [1.54, 1.807) is 12.1 Å². The lowest BCUT2D eigenvalue weighted by molar-refractivity contribution is -0.384. The second kappa shape index (κ2) is 9.36. The number of aromatic nitrogens is 1. The number of anilines is 1. The Kier molecular flexibility index (Phi) is 6.49. The highest BCUT2D eigenvalue weighted by atomic mass is 35.5. The maximum atomic E-state index is 12.9. The zero-order chi connectivity index (χ0) is 24.5. The van der Waals surface area contributed by atoms with E-state index in [2.05, 4.69) is 10.5 Å². The summed E-state index contributed by atoms with van der Waals surface area (Å²) in [6.45, 7) is 0.460. The van der Waals surface area contributed by atoms with E-state index in [-0.39, 0.29) is 5.69 Å². The number of rotatable bonds is 6. The van der Waals surface area contributed by atoms with Crippen LogP contribution < -0.4 is 5.43 Å². The van der Waals surface area contributed by atoms with Crippen molar-refractivity contribution in [2.45, 2.75) is 12.7 Å². The van der Waals surface area contributed by atoms with Crippen LogP contribution in [0.1, 0.15) is 16.7 Å². The number of nitrogens with zero attached hydrogens (tertiary/aromatic N) is 3. The largest absolute Gasteiger partial charge is 0.416 e. The molecule has 174 valence electrons. The summed E-state index contributed by atoms with van der Waals surface area (Å²) in [6, 6.07) is 15.0. The van der Waals surface area contributed by atoms with E-state index in [0.717, 1.165) is 28.6 Å². The monoisotopic (exact) mass is 506 g/mol. The Labute approximate surface area is 201 Å². The van der Waals surface area contributed by atoms with Gasteiger partial charge in [-0.1, -0.05) is 47.5 Å². The molecule has 0 saturated carbocycles. The molecule has 1 heterocycles. The lowest BCUT2D eigenvalue weighted by Crippen LogP contribution is -2.06. The highest BCUT2D eigenvalue weighted by Crippen LogP contribution is 2.35. The van der Waals surface area contributed by atoms with Crippen molar-refractivity contribution in [3.8, 4) is 0 Å². The number of benzene rings is 3. The maximum absolute atomic E-state index is 12.9. The molecular formula is C23H15Cl2F3N4O2. The summed E-state index contributed by atoms with van der Waals surface area (Å²) in [4.78, 5) is 10.4. The summed E-state index contributed by atoms with van der Waals surface area (Å²) < 4.78 is 40.7. The summed E-state index contributed by atoms with van der Waals surface area (Å²) in [7, 11) is 0. The third-order valence-corrected chi connectivity index (χ3v) is 5.67. The molecule has 1 aromatic heterocycles. The number of hydrogen-bond acceptors (Lipinski definition) is 4. The van der Waals surface area contributed by atoms with Gasteiger partial charge in [0.05, 0.1) is 16.7 Å². The molecule has 34 heavy (non-hydrogen) atoms. The van der Waals surface area contributed by atoms with Crippen molar-refractivity contribution in [3.05, 3.63) is 104 Å². The van der Waals surface area contributed by atoms with Crippen LogP contribution in [-0.4, -0.2) is 15.7 Å². The van der Waals surface area contributed by atoms with Crippen molar-refractivity contribution >= 4 is 51.7 Å². The van der Waals surface area contributed by atoms with Gasteiger partial charge in [-0.05, 0) is 35.9 Å². The number of hydrazone groups is 1. The van der Waals surface area contributed by atoms with Gasteiger partial charge in [-0.15, -0.1) is 0 Å². The first-order chi connectivity index (χ1) is 16.1. The van der Waals surface area contributed by atoms with Gasteiger partial charge in [0.1, 0.15) is 5.69 Å². The molecule has 0 aliphatic rings. The van der Waals surface area contributed by atoms with Crippen LogP contribution in [0.4, 0.5) is 24.5 Å². The third-order valence-electron chi connectivity index (χ3n) is 5.09. The molecule has 0 saturated heterocycles. The van der Waals surface area contributed by atoms with Crippen LogP contribution in [0.25, 0.3) is 10.9 Å². The summed E-state index contributed by atoms with van der Waals surface area (Å²) in [6.07, 6.45) is -1.41. The fourth-order valence-electron chi connectivity index (χ4n) is 3.47. The van der Waals surface area contributed by atoms with E-state index in [1.807, 2.05) is 41.1 Å². The van der Waals surface area contributed by atoms with Gasteiger partial charge >= 0.3 is 6.18 Å². The number of nitro benzene ring substituents is 1. The molecule has 0 bridgehead atoms. The second-order valence-corrected chi connectivity index (χ2v) is 8.17. The first kappa shape index (κ1) is 23.6. The fraction of sp³-hybridized carbons (Fsp3) is 0.0870. The molecule has 0 unspecified atom stereocenters. The Bertz CT molecular complexity index is 1420. The Hall–Kier alpha value is -3.56. The molecule has 4 aromatic rings. The average molecular weight is 507 g/mol. The zero-order valence-corrected chi connectivity index (χ0v) is 18.7. The number of alkyl halides is 3. The minimum Gasteiger partial charge on any atom is -0.342 e. The standard InChI is InChI=1S/C23H15Cl2F3N4O2/c24-17-7-5-14(19(25)10-17)12-31-13-15(18-3-1-2-4-21(18)31)11-29-30-20-8-6-16(23(26,27)28)9-22(20)32(33)34/h1-11,13,30H,12H2/b29-11-. The van der Waals surface area contributed by atoms with Crippen LogP contribution in [0, 0.1) is 10.1 Å². The van der Waals surface area contributed by atoms with E-state index >= 15 is 0 Å².